The summed E-state index contributed by atoms with van der Waals surface area (Å²) in [5, 5.41) is 5.78. The highest BCUT2D eigenvalue weighted by molar-refractivity contribution is 6.32. The van der Waals surface area contributed by atoms with Crippen molar-refractivity contribution in [2.75, 3.05) is 26.1 Å². The molecular weight excluding hydrogens is 256 g/mol. The van der Waals surface area contributed by atoms with Gasteiger partial charge in [0.25, 0.3) is 0 Å². The van der Waals surface area contributed by atoms with E-state index in [1.807, 2.05) is 6.92 Å². The molecule has 2 N–H and O–H groups in total. The van der Waals surface area contributed by atoms with Gasteiger partial charge in [-0.2, -0.15) is 0 Å². The van der Waals surface area contributed by atoms with Crippen LogP contribution in [0.1, 0.15) is 13.3 Å². The lowest BCUT2D eigenvalue weighted by Crippen LogP contribution is -2.29. The van der Waals surface area contributed by atoms with Crippen molar-refractivity contribution in [2.24, 2.45) is 0 Å². The van der Waals surface area contributed by atoms with E-state index in [0.29, 0.717) is 28.8 Å². The Bertz CT molecular complexity index is 424. The molecule has 0 aliphatic rings. The first-order valence-corrected chi connectivity index (χ1v) is 5.96. The van der Waals surface area contributed by atoms with Crippen LogP contribution in [0.3, 0.4) is 0 Å². The molecule has 1 aromatic rings. The van der Waals surface area contributed by atoms with E-state index in [1.54, 1.807) is 12.1 Å². The average Bonchev–Trinajstić information content (AvgIpc) is 2.36. The van der Waals surface area contributed by atoms with Gasteiger partial charge in [-0.05, 0) is 12.5 Å². The zero-order valence-electron chi connectivity index (χ0n) is 10.7. The van der Waals surface area contributed by atoms with Crippen molar-refractivity contribution in [3.63, 3.8) is 0 Å². The first-order chi connectivity index (χ1) is 8.62. The normalized spacial score (nSPS) is 9.78. The van der Waals surface area contributed by atoms with E-state index in [1.165, 1.54) is 14.2 Å². The number of benzene rings is 1. The summed E-state index contributed by atoms with van der Waals surface area (Å²) in [4.78, 5) is 11.6. The van der Waals surface area contributed by atoms with Crippen LogP contribution in [0.25, 0.3) is 0 Å². The van der Waals surface area contributed by atoms with Gasteiger partial charge in [-0.3, -0.25) is 0 Å². The molecule has 0 atom stereocenters. The van der Waals surface area contributed by atoms with Crippen LogP contribution in [0, 0.1) is 0 Å². The third kappa shape index (κ3) is 3.70. The van der Waals surface area contributed by atoms with Crippen molar-refractivity contribution in [3.05, 3.63) is 17.2 Å². The highest BCUT2D eigenvalue weighted by Gasteiger charge is 2.11. The maximum atomic E-state index is 11.6. The third-order valence-electron chi connectivity index (χ3n) is 2.26. The van der Waals surface area contributed by atoms with Gasteiger partial charge in [0.05, 0.1) is 24.9 Å². The summed E-state index contributed by atoms with van der Waals surface area (Å²) >= 11 is 5.99. The molecule has 0 unspecified atom stereocenters. The number of hydrogen-bond donors (Lipinski definition) is 2. The predicted molar refractivity (Wildman–Crippen MR) is 71.9 cm³/mol. The van der Waals surface area contributed by atoms with E-state index < -0.39 is 0 Å². The monoisotopic (exact) mass is 272 g/mol. The number of nitrogens with one attached hydrogen (secondary N) is 2. The van der Waals surface area contributed by atoms with E-state index in [9.17, 15) is 4.79 Å². The minimum atomic E-state index is -0.295. The van der Waals surface area contributed by atoms with Gasteiger partial charge in [0.1, 0.15) is 11.5 Å². The minimum absolute atomic E-state index is 0.295. The van der Waals surface area contributed by atoms with Gasteiger partial charge in [-0.25, -0.2) is 4.79 Å². The van der Waals surface area contributed by atoms with Crippen LogP contribution in [0.15, 0.2) is 12.1 Å². The minimum Gasteiger partial charge on any atom is -0.495 e. The number of anilines is 1. The topological polar surface area (TPSA) is 59.6 Å². The molecule has 2 amide bonds. The summed E-state index contributed by atoms with van der Waals surface area (Å²) < 4.78 is 10.2. The highest BCUT2D eigenvalue weighted by atomic mass is 35.5. The lowest BCUT2D eigenvalue weighted by atomic mass is 10.2. The molecule has 0 heterocycles. The molecule has 6 heteroatoms. The van der Waals surface area contributed by atoms with Crippen LogP contribution in [0.2, 0.25) is 5.02 Å². The maximum absolute atomic E-state index is 11.6. The second-order valence-corrected chi connectivity index (χ2v) is 3.98. The van der Waals surface area contributed by atoms with Crippen molar-refractivity contribution in [1.82, 2.24) is 5.32 Å². The summed E-state index contributed by atoms with van der Waals surface area (Å²) in [6.07, 6.45) is 0.869. The number of amides is 2. The number of methoxy groups -OCH3 is 2. The van der Waals surface area contributed by atoms with E-state index in [0.717, 1.165) is 6.42 Å². The quantitative estimate of drug-likeness (QED) is 0.866. The largest absolute Gasteiger partial charge is 0.495 e. The van der Waals surface area contributed by atoms with Gasteiger partial charge >= 0.3 is 6.03 Å². The number of urea groups is 1. The van der Waals surface area contributed by atoms with E-state index in [-0.39, 0.29) is 6.03 Å². The Balaban J connectivity index is 2.87. The lowest BCUT2D eigenvalue weighted by Gasteiger charge is -2.13. The molecule has 0 aliphatic heterocycles. The van der Waals surface area contributed by atoms with Crippen LogP contribution in [0.5, 0.6) is 11.5 Å². The standard InChI is InChI=1S/C12H17ClN2O3/c1-4-5-14-12(16)15-9-6-8(13)10(17-2)7-11(9)18-3/h6-7H,4-5H2,1-3H3,(H2,14,15,16). The number of halogens is 1. The van der Waals surface area contributed by atoms with Crippen molar-refractivity contribution >= 4 is 23.3 Å². The van der Waals surface area contributed by atoms with Crippen LogP contribution < -0.4 is 20.1 Å². The Morgan fingerprint density at radius 2 is 1.94 bits per heavy atom. The molecular formula is C12H17ClN2O3. The Morgan fingerprint density at radius 3 is 2.50 bits per heavy atom. The summed E-state index contributed by atoms with van der Waals surface area (Å²) in [5.74, 6) is 0.982. The van der Waals surface area contributed by atoms with Gasteiger partial charge in [0.15, 0.2) is 0 Å². The highest BCUT2D eigenvalue weighted by Crippen LogP contribution is 2.35. The first kappa shape index (κ1) is 14.4. The molecule has 0 aromatic heterocycles. The zero-order valence-corrected chi connectivity index (χ0v) is 11.4. The van der Waals surface area contributed by atoms with Gasteiger partial charge in [0, 0.05) is 12.6 Å². The number of hydrogen-bond acceptors (Lipinski definition) is 3. The molecule has 0 saturated carbocycles. The second kappa shape index (κ2) is 6.96. The summed E-state index contributed by atoms with van der Waals surface area (Å²) in [5.41, 5.74) is 0.497. The maximum Gasteiger partial charge on any atom is 0.319 e. The molecule has 1 aromatic carbocycles. The number of carbonyl (C=O) groups is 1. The molecule has 0 bridgehead atoms. The Kier molecular flexibility index (Phi) is 5.58. The van der Waals surface area contributed by atoms with Crippen molar-refractivity contribution in [3.8, 4) is 11.5 Å². The van der Waals surface area contributed by atoms with Gasteiger partial charge in [0.2, 0.25) is 0 Å². The van der Waals surface area contributed by atoms with Gasteiger partial charge in [-0.15, -0.1) is 0 Å². The van der Waals surface area contributed by atoms with Gasteiger partial charge in [-0.1, -0.05) is 18.5 Å². The molecule has 0 fully saturated rings. The Hall–Kier alpha value is -1.62. The second-order valence-electron chi connectivity index (χ2n) is 3.57. The van der Waals surface area contributed by atoms with E-state index in [4.69, 9.17) is 21.1 Å². The smallest absolute Gasteiger partial charge is 0.319 e. The summed E-state index contributed by atoms with van der Waals surface area (Å²) in [7, 11) is 3.03. The molecule has 0 radical (unpaired) electrons. The molecule has 0 saturated heterocycles. The Labute approximate surface area is 111 Å². The number of ether oxygens (including phenoxy) is 2. The third-order valence-corrected chi connectivity index (χ3v) is 2.55. The molecule has 5 nitrogen and oxygen atoms in total. The fraction of sp³-hybridized carbons (Fsp3) is 0.417. The molecule has 1 rings (SSSR count). The van der Waals surface area contributed by atoms with Crippen LogP contribution in [-0.2, 0) is 0 Å². The zero-order chi connectivity index (χ0) is 13.5. The van der Waals surface area contributed by atoms with Gasteiger partial charge < -0.3 is 20.1 Å². The molecule has 0 aliphatic carbocycles. The Morgan fingerprint density at radius 1 is 1.28 bits per heavy atom. The lowest BCUT2D eigenvalue weighted by molar-refractivity contribution is 0.252. The van der Waals surface area contributed by atoms with E-state index >= 15 is 0 Å². The van der Waals surface area contributed by atoms with E-state index in [2.05, 4.69) is 10.6 Å². The fourth-order valence-corrected chi connectivity index (χ4v) is 1.60. The van der Waals surface area contributed by atoms with Crippen LogP contribution >= 0.6 is 11.6 Å². The SMILES string of the molecule is CCCNC(=O)Nc1cc(Cl)c(OC)cc1OC. The van der Waals surface area contributed by atoms with Crippen molar-refractivity contribution in [2.45, 2.75) is 13.3 Å². The molecule has 100 valence electrons. The number of carbonyl (C=O) groups excluding carboxylic acids is 1. The number of rotatable bonds is 5. The first-order valence-electron chi connectivity index (χ1n) is 5.58. The average molecular weight is 273 g/mol. The van der Waals surface area contributed by atoms with Crippen LogP contribution in [0.4, 0.5) is 10.5 Å². The fourth-order valence-electron chi connectivity index (χ4n) is 1.36. The summed E-state index contributed by atoms with van der Waals surface area (Å²) in [6, 6.07) is 2.92. The van der Waals surface area contributed by atoms with Crippen molar-refractivity contribution < 1.29 is 14.3 Å². The van der Waals surface area contributed by atoms with Crippen LogP contribution in [-0.4, -0.2) is 26.8 Å². The van der Waals surface area contributed by atoms with Crippen molar-refractivity contribution in [1.29, 1.82) is 0 Å². The summed E-state index contributed by atoms with van der Waals surface area (Å²) in [6.45, 7) is 2.59. The molecule has 0 spiro atoms. The molecule has 18 heavy (non-hydrogen) atoms. The predicted octanol–water partition coefficient (Wildman–Crippen LogP) is 2.89.